The van der Waals surface area contributed by atoms with Crippen LogP contribution in [-0.4, -0.2) is 4.98 Å². The van der Waals surface area contributed by atoms with Crippen LogP contribution in [0.5, 0.6) is 0 Å². The fourth-order valence-corrected chi connectivity index (χ4v) is 0.523. The number of pyridine rings is 1. The SMILES string of the molecule is [N-]=[N+]=Nc1ncc(F)cc1F. The lowest BCUT2D eigenvalue weighted by Gasteiger charge is -1.91. The van der Waals surface area contributed by atoms with E-state index in [9.17, 15) is 8.78 Å². The first-order valence-corrected chi connectivity index (χ1v) is 2.60. The van der Waals surface area contributed by atoms with Crippen molar-refractivity contribution < 1.29 is 8.78 Å². The maximum Gasteiger partial charge on any atom is 0.162 e. The number of nitrogens with zero attached hydrogens (tertiary/aromatic N) is 4. The van der Waals surface area contributed by atoms with Crippen LogP contribution in [0.25, 0.3) is 10.4 Å². The molecular formula is C5H2F2N4. The van der Waals surface area contributed by atoms with Gasteiger partial charge in [-0.15, -0.1) is 0 Å². The van der Waals surface area contributed by atoms with Crippen LogP contribution in [0.1, 0.15) is 0 Å². The van der Waals surface area contributed by atoms with Gasteiger partial charge in [0, 0.05) is 11.0 Å². The molecule has 1 rings (SSSR count). The van der Waals surface area contributed by atoms with E-state index in [0.29, 0.717) is 6.07 Å². The van der Waals surface area contributed by atoms with Crippen LogP contribution >= 0.6 is 0 Å². The van der Waals surface area contributed by atoms with Gasteiger partial charge in [-0.25, -0.2) is 13.8 Å². The van der Waals surface area contributed by atoms with Gasteiger partial charge >= 0.3 is 0 Å². The van der Waals surface area contributed by atoms with Gasteiger partial charge in [0.1, 0.15) is 5.82 Å². The Labute approximate surface area is 60.1 Å². The fourth-order valence-electron chi connectivity index (χ4n) is 0.523. The van der Waals surface area contributed by atoms with Crippen molar-refractivity contribution in [1.82, 2.24) is 4.98 Å². The largest absolute Gasteiger partial charge is 0.249 e. The minimum atomic E-state index is -0.970. The van der Waals surface area contributed by atoms with Gasteiger partial charge in [-0.1, -0.05) is 0 Å². The predicted octanol–water partition coefficient (Wildman–Crippen LogP) is 2.30. The van der Waals surface area contributed by atoms with Gasteiger partial charge in [-0.3, -0.25) is 0 Å². The van der Waals surface area contributed by atoms with Gasteiger partial charge in [0.15, 0.2) is 11.6 Å². The van der Waals surface area contributed by atoms with Crippen molar-refractivity contribution in [2.75, 3.05) is 0 Å². The highest BCUT2D eigenvalue weighted by Crippen LogP contribution is 2.13. The quantitative estimate of drug-likeness (QED) is 0.349. The molecule has 0 N–H and O–H groups in total. The van der Waals surface area contributed by atoms with Crippen molar-refractivity contribution in [2.45, 2.75) is 0 Å². The summed E-state index contributed by atoms with van der Waals surface area (Å²) in [5.74, 6) is -2.23. The maximum absolute atomic E-state index is 12.5. The minimum Gasteiger partial charge on any atom is -0.249 e. The van der Waals surface area contributed by atoms with Gasteiger partial charge < -0.3 is 0 Å². The first kappa shape index (κ1) is 7.43. The van der Waals surface area contributed by atoms with Crippen molar-refractivity contribution in [2.24, 2.45) is 5.11 Å². The summed E-state index contributed by atoms with van der Waals surface area (Å²) in [4.78, 5) is 5.49. The highest BCUT2D eigenvalue weighted by atomic mass is 19.1. The zero-order valence-electron chi connectivity index (χ0n) is 5.20. The zero-order chi connectivity index (χ0) is 8.27. The molecule has 0 saturated heterocycles. The van der Waals surface area contributed by atoms with Crippen molar-refractivity contribution in [1.29, 1.82) is 0 Å². The van der Waals surface area contributed by atoms with Crippen LogP contribution in [0, 0.1) is 11.6 Å². The average molecular weight is 156 g/mol. The predicted molar refractivity (Wildman–Crippen MR) is 33.0 cm³/mol. The van der Waals surface area contributed by atoms with Crippen LogP contribution in [0.15, 0.2) is 17.4 Å². The van der Waals surface area contributed by atoms with Crippen molar-refractivity contribution in [3.8, 4) is 0 Å². The Morgan fingerprint density at radius 3 is 2.82 bits per heavy atom. The summed E-state index contributed by atoms with van der Waals surface area (Å²) < 4.78 is 24.6. The van der Waals surface area contributed by atoms with Gasteiger partial charge in [-0.2, -0.15) is 0 Å². The van der Waals surface area contributed by atoms with Crippen LogP contribution < -0.4 is 0 Å². The first-order valence-electron chi connectivity index (χ1n) is 2.60. The Kier molecular flexibility index (Phi) is 1.98. The van der Waals surface area contributed by atoms with Gasteiger partial charge in [-0.05, 0) is 10.6 Å². The third-order valence-electron chi connectivity index (χ3n) is 0.928. The van der Waals surface area contributed by atoms with E-state index in [-0.39, 0.29) is 0 Å². The average Bonchev–Trinajstić information content (AvgIpc) is 1.95. The van der Waals surface area contributed by atoms with Crippen molar-refractivity contribution >= 4 is 5.82 Å². The molecule has 0 bridgehead atoms. The molecular weight excluding hydrogens is 154 g/mol. The molecule has 1 aromatic heterocycles. The molecule has 0 fully saturated rings. The summed E-state index contributed by atoms with van der Waals surface area (Å²) in [6, 6.07) is 0.594. The number of azide groups is 1. The molecule has 0 aliphatic carbocycles. The Hall–Kier alpha value is -1.68. The summed E-state index contributed by atoms with van der Waals surface area (Å²) in [5.41, 5.74) is 7.87. The van der Waals surface area contributed by atoms with Gasteiger partial charge in [0.2, 0.25) is 0 Å². The zero-order valence-corrected chi connectivity index (χ0v) is 5.20. The molecule has 6 heteroatoms. The number of halogens is 2. The first-order chi connectivity index (χ1) is 5.24. The van der Waals surface area contributed by atoms with E-state index >= 15 is 0 Å². The Morgan fingerprint density at radius 1 is 1.55 bits per heavy atom. The van der Waals surface area contributed by atoms with Crippen LogP contribution in [0.2, 0.25) is 0 Å². The van der Waals surface area contributed by atoms with E-state index in [1.54, 1.807) is 0 Å². The highest BCUT2D eigenvalue weighted by molar-refractivity contribution is 5.27. The molecule has 1 aromatic rings. The molecule has 0 saturated carbocycles. The minimum absolute atomic E-state index is 0.450. The molecule has 1 heterocycles. The smallest absolute Gasteiger partial charge is 0.162 e. The van der Waals surface area contributed by atoms with E-state index in [1.807, 2.05) is 0 Å². The summed E-state index contributed by atoms with van der Waals surface area (Å²) in [6.45, 7) is 0. The Balaban J connectivity index is 3.19. The summed E-state index contributed by atoms with van der Waals surface area (Å²) in [5, 5.41) is 2.88. The van der Waals surface area contributed by atoms with Crippen LogP contribution in [0.3, 0.4) is 0 Å². The van der Waals surface area contributed by atoms with E-state index in [0.717, 1.165) is 6.20 Å². The van der Waals surface area contributed by atoms with Gasteiger partial charge in [0.25, 0.3) is 0 Å². The number of aromatic nitrogens is 1. The third-order valence-corrected chi connectivity index (χ3v) is 0.928. The topological polar surface area (TPSA) is 61.7 Å². The molecule has 0 atom stereocenters. The normalized spacial score (nSPS) is 8.91. The van der Waals surface area contributed by atoms with Crippen molar-refractivity contribution in [3.63, 3.8) is 0 Å². The maximum atomic E-state index is 12.5. The molecule has 0 radical (unpaired) electrons. The summed E-state index contributed by atoms with van der Waals surface area (Å²) in [7, 11) is 0. The van der Waals surface area contributed by atoms with Gasteiger partial charge in [0.05, 0.1) is 6.20 Å². The van der Waals surface area contributed by atoms with Crippen molar-refractivity contribution in [3.05, 3.63) is 34.3 Å². The lowest BCUT2D eigenvalue weighted by atomic mass is 10.4. The van der Waals surface area contributed by atoms with E-state index < -0.39 is 17.5 Å². The van der Waals surface area contributed by atoms with E-state index in [1.165, 1.54) is 0 Å². The lowest BCUT2D eigenvalue weighted by Crippen LogP contribution is -1.82. The monoisotopic (exact) mass is 156 g/mol. The second-order valence-electron chi connectivity index (χ2n) is 1.65. The number of hydrogen-bond acceptors (Lipinski definition) is 2. The molecule has 0 aliphatic rings. The summed E-state index contributed by atoms with van der Waals surface area (Å²) >= 11 is 0. The Bertz CT molecular complexity index is 318. The molecule has 0 aromatic carbocycles. The highest BCUT2D eigenvalue weighted by Gasteiger charge is 2.01. The van der Waals surface area contributed by atoms with Crippen LogP contribution in [-0.2, 0) is 0 Å². The lowest BCUT2D eigenvalue weighted by molar-refractivity contribution is 0.575. The Morgan fingerprint density at radius 2 is 2.27 bits per heavy atom. The summed E-state index contributed by atoms with van der Waals surface area (Å²) in [6.07, 6.45) is 0.771. The molecule has 0 aliphatic heterocycles. The fraction of sp³-hybridized carbons (Fsp3) is 0. The number of hydrogen-bond donors (Lipinski definition) is 0. The third kappa shape index (κ3) is 1.62. The van der Waals surface area contributed by atoms with E-state index in [4.69, 9.17) is 5.53 Å². The molecule has 0 amide bonds. The molecule has 56 valence electrons. The number of rotatable bonds is 1. The molecule has 4 nitrogen and oxygen atoms in total. The second-order valence-corrected chi connectivity index (χ2v) is 1.65. The standard InChI is InChI=1S/C5H2F2N4/c6-3-1-4(7)5(9-2-3)10-11-8/h1-2H. The molecule has 0 spiro atoms. The molecule has 0 unspecified atom stereocenters. The van der Waals surface area contributed by atoms with Crippen LogP contribution in [0.4, 0.5) is 14.6 Å². The van der Waals surface area contributed by atoms with E-state index in [2.05, 4.69) is 15.0 Å². The molecule has 11 heavy (non-hydrogen) atoms. The second kappa shape index (κ2) is 2.94.